The number of hydrogen-bond acceptors (Lipinski definition) is 9. The molecule has 5 aromatic rings. The molecule has 9 nitrogen and oxygen atoms in total. The van der Waals surface area contributed by atoms with Crippen LogP contribution < -0.4 is 10.2 Å². The van der Waals surface area contributed by atoms with E-state index in [1.807, 2.05) is 41.6 Å². The maximum Gasteiger partial charge on any atom is 0.192 e. The quantitative estimate of drug-likeness (QED) is 0.229. The summed E-state index contributed by atoms with van der Waals surface area (Å²) in [6.45, 7) is 4.00. The van der Waals surface area contributed by atoms with Crippen LogP contribution in [0.3, 0.4) is 0 Å². The van der Waals surface area contributed by atoms with Gasteiger partial charge >= 0.3 is 0 Å². The van der Waals surface area contributed by atoms with Crippen molar-refractivity contribution in [2.75, 3.05) is 25.0 Å². The minimum absolute atomic E-state index is 0.184. The molecule has 11 heteroatoms. The lowest BCUT2D eigenvalue weighted by Gasteiger charge is -2.21. The zero-order valence-corrected chi connectivity index (χ0v) is 24.9. The number of thiazole rings is 1. The Hall–Kier alpha value is -4.53. The molecule has 43 heavy (non-hydrogen) atoms. The number of ketones is 1. The molecule has 5 heterocycles. The minimum Gasteiger partial charge on any atom is -0.317 e. The Balaban J connectivity index is 1.27. The lowest BCUT2D eigenvalue weighted by molar-refractivity contribution is -0.119. The van der Waals surface area contributed by atoms with Crippen molar-refractivity contribution in [3.05, 3.63) is 77.2 Å². The molecule has 1 N–H and O–H groups in total. The maximum absolute atomic E-state index is 13.5. The van der Waals surface area contributed by atoms with Crippen molar-refractivity contribution in [3.8, 4) is 28.5 Å². The number of halogens is 1. The predicted molar refractivity (Wildman–Crippen MR) is 165 cm³/mol. The zero-order chi connectivity index (χ0) is 29.9. The molecule has 0 spiro atoms. The molecule has 0 amide bonds. The van der Waals surface area contributed by atoms with E-state index in [9.17, 15) is 14.4 Å². The number of imidazole rings is 1. The van der Waals surface area contributed by atoms with Gasteiger partial charge in [0.25, 0.3) is 0 Å². The standard InChI is InChI=1S/C32H31FN8OS/c1-3-26-31(40(2)32-39-30(27(16-34)43-32)21-4-7-24(33)8-5-21)41-19-22(6-9-29(41)38-26)23-17-36-28(37-18-23)15-25(42)14-20-10-12-35-13-11-20/h4-9,17-20,35H,3,10-15H2,1-2H3. The monoisotopic (exact) mass is 594 g/mol. The molecule has 1 aromatic carbocycles. The molecule has 4 aromatic heterocycles. The minimum atomic E-state index is -0.343. The van der Waals surface area contributed by atoms with E-state index < -0.39 is 0 Å². The number of nitriles is 1. The molecule has 0 aliphatic carbocycles. The molecule has 0 radical (unpaired) electrons. The van der Waals surface area contributed by atoms with Crippen LogP contribution in [0.2, 0.25) is 0 Å². The Labute approximate surface area is 253 Å². The third-order valence-electron chi connectivity index (χ3n) is 7.81. The lowest BCUT2D eigenvalue weighted by Crippen LogP contribution is -2.29. The van der Waals surface area contributed by atoms with Crippen molar-refractivity contribution >= 4 is 33.7 Å². The van der Waals surface area contributed by atoms with Gasteiger partial charge in [0.1, 0.15) is 45.5 Å². The number of carbonyl (C=O) groups excluding carboxylic acids is 1. The van der Waals surface area contributed by atoms with Crippen LogP contribution in [0.1, 0.15) is 42.6 Å². The molecular weight excluding hydrogens is 563 g/mol. The van der Waals surface area contributed by atoms with E-state index in [0.717, 1.165) is 54.2 Å². The molecule has 0 bridgehead atoms. The molecule has 0 saturated carbocycles. The smallest absolute Gasteiger partial charge is 0.192 e. The van der Waals surface area contributed by atoms with Gasteiger partial charge in [-0.05, 0) is 74.7 Å². The first-order valence-corrected chi connectivity index (χ1v) is 15.2. The summed E-state index contributed by atoms with van der Waals surface area (Å²) in [4.78, 5) is 33.6. The van der Waals surface area contributed by atoms with Crippen molar-refractivity contribution in [1.82, 2.24) is 29.7 Å². The molecule has 6 rings (SSSR count). The summed E-state index contributed by atoms with van der Waals surface area (Å²) in [7, 11) is 1.91. The molecule has 0 unspecified atom stereocenters. The van der Waals surface area contributed by atoms with Crippen molar-refractivity contribution in [1.29, 1.82) is 5.26 Å². The first-order valence-electron chi connectivity index (χ1n) is 14.4. The lowest BCUT2D eigenvalue weighted by atomic mass is 9.92. The molecule has 0 atom stereocenters. The normalized spacial score (nSPS) is 13.7. The Kier molecular flexibility index (Phi) is 8.22. The number of nitrogens with zero attached hydrogens (tertiary/aromatic N) is 7. The van der Waals surface area contributed by atoms with Crippen LogP contribution in [-0.4, -0.2) is 50.3 Å². The number of aryl methyl sites for hydroxylation is 1. The van der Waals surface area contributed by atoms with E-state index in [1.54, 1.807) is 24.5 Å². The van der Waals surface area contributed by atoms with Gasteiger partial charge in [0.15, 0.2) is 5.13 Å². The SMILES string of the molecule is CCc1nc2ccc(-c3cnc(CC(=O)CC4CCNCC4)nc3)cn2c1N(C)c1nc(-c2ccc(F)cc2)c(C#N)s1. The fourth-order valence-electron chi connectivity index (χ4n) is 5.52. The number of benzene rings is 1. The summed E-state index contributed by atoms with van der Waals surface area (Å²) in [5, 5.41) is 13.8. The second-order valence-electron chi connectivity index (χ2n) is 10.7. The Bertz CT molecular complexity index is 1800. The molecule has 218 valence electrons. The van der Waals surface area contributed by atoms with Gasteiger partial charge in [-0.1, -0.05) is 18.3 Å². The van der Waals surface area contributed by atoms with Gasteiger partial charge in [0.05, 0.1) is 12.1 Å². The first-order chi connectivity index (χ1) is 20.9. The van der Waals surface area contributed by atoms with Crippen LogP contribution >= 0.6 is 11.3 Å². The van der Waals surface area contributed by atoms with Crippen LogP contribution in [0.4, 0.5) is 15.3 Å². The van der Waals surface area contributed by atoms with E-state index in [1.165, 1.54) is 23.5 Å². The maximum atomic E-state index is 13.5. The molecule has 1 aliphatic heterocycles. The summed E-state index contributed by atoms with van der Waals surface area (Å²) in [5.74, 6) is 1.66. The number of aromatic nitrogens is 5. The highest BCUT2D eigenvalue weighted by atomic mass is 32.1. The molecule has 1 saturated heterocycles. The largest absolute Gasteiger partial charge is 0.317 e. The van der Waals surface area contributed by atoms with Crippen molar-refractivity contribution in [2.24, 2.45) is 5.92 Å². The number of rotatable bonds is 9. The number of anilines is 2. The summed E-state index contributed by atoms with van der Waals surface area (Å²) in [6.07, 6.45) is 9.12. The third kappa shape index (κ3) is 6.02. The summed E-state index contributed by atoms with van der Waals surface area (Å²) >= 11 is 1.28. The van der Waals surface area contributed by atoms with Crippen molar-refractivity contribution < 1.29 is 9.18 Å². The number of carbonyl (C=O) groups is 1. The second kappa shape index (κ2) is 12.4. The van der Waals surface area contributed by atoms with Gasteiger partial charge in [0.2, 0.25) is 0 Å². The van der Waals surface area contributed by atoms with Gasteiger partial charge in [-0.2, -0.15) is 5.26 Å². The molecular formula is C32H31FN8OS. The number of fused-ring (bicyclic) bond motifs is 1. The zero-order valence-electron chi connectivity index (χ0n) is 24.0. The van der Waals surface area contributed by atoms with Crippen LogP contribution in [0.15, 0.2) is 55.0 Å². The fourth-order valence-corrected chi connectivity index (χ4v) is 6.37. The van der Waals surface area contributed by atoms with Gasteiger partial charge in [-0.3, -0.25) is 9.20 Å². The Morgan fingerprint density at radius 2 is 1.81 bits per heavy atom. The number of hydrogen-bond donors (Lipinski definition) is 1. The van der Waals surface area contributed by atoms with Crippen molar-refractivity contribution in [2.45, 2.75) is 39.0 Å². The van der Waals surface area contributed by atoms with E-state index >= 15 is 0 Å². The second-order valence-corrected chi connectivity index (χ2v) is 11.7. The highest BCUT2D eigenvalue weighted by Gasteiger charge is 2.22. The Morgan fingerprint density at radius 1 is 1.09 bits per heavy atom. The Morgan fingerprint density at radius 3 is 2.51 bits per heavy atom. The number of Topliss-reactive ketones (excluding diaryl/α,β-unsaturated/α-hetero) is 1. The number of pyridine rings is 1. The van der Waals surface area contributed by atoms with E-state index in [-0.39, 0.29) is 18.0 Å². The van der Waals surface area contributed by atoms with E-state index in [4.69, 9.17) is 9.97 Å². The topological polar surface area (TPSA) is 112 Å². The van der Waals surface area contributed by atoms with E-state index in [0.29, 0.717) is 45.9 Å². The van der Waals surface area contributed by atoms with Gasteiger partial charge in [-0.15, -0.1) is 0 Å². The van der Waals surface area contributed by atoms with Crippen LogP contribution in [-0.2, 0) is 17.6 Å². The summed E-state index contributed by atoms with van der Waals surface area (Å²) in [6, 6.07) is 12.2. The van der Waals surface area contributed by atoms with E-state index in [2.05, 4.69) is 21.4 Å². The van der Waals surface area contributed by atoms with Crippen LogP contribution in [0.5, 0.6) is 0 Å². The molecule has 1 aliphatic rings. The first kappa shape index (κ1) is 28.6. The van der Waals surface area contributed by atoms with Gasteiger partial charge < -0.3 is 10.2 Å². The van der Waals surface area contributed by atoms with Crippen LogP contribution in [0, 0.1) is 23.1 Å². The highest BCUT2D eigenvalue weighted by Crippen LogP contribution is 2.37. The summed E-state index contributed by atoms with van der Waals surface area (Å²) < 4.78 is 15.5. The summed E-state index contributed by atoms with van der Waals surface area (Å²) in [5.41, 5.74) is 4.60. The van der Waals surface area contributed by atoms with Gasteiger partial charge in [-0.25, -0.2) is 24.3 Å². The van der Waals surface area contributed by atoms with Gasteiger partial charge in [0, 0.05) is 48.7 Å². The third-order valence-corrected chi connectivity index (χ3v) is 8.84. The van der Waals surface area contributed by atoms with Crippen LogP contribution in [0.25, 0.3) is 28.0 Å². The number of nitrogens with one attached hydrogen (secondary N) is 1. The fraction of sp³-hybridized carbons (Fsp3) is 0.312. The highest BCUT2D eigenvalue weighted by molar-refractivity contribution is 7.16. The predicted octanol–water partition coefficient (Wildman–Crippen LogP) is 5.76. The average Bonchev–Trinajstić information content (AvgIpc) is 3.63. The molecule has 1 fully saturated rings. The number of piperidine rings is 1. The van der Waals surface area contributed by atoms with Crippen molar-refractivity contribution in [3.63, 3.8) is 0 Å². The average molecular weight is 595 g/mol.